The molecule has 0 unspecified atom stereocenters. The van der Waals surface area contributed by atoms with Crippen LogP contribution < -0.4 is 4.74 Å². The Morgan fingerprint density at radius 1 is 1.40 bits per heavy atom. The number of carbonyl (C=O) groups excluding carboxylic acids is 1. The number of likely N-dealkylation sites (tertiary alicyclic amines) is 1. The highest BCUT2D eigenvalue weighted by molar-refractivity contribution is 5.79. The van der Waals surface area contributed by atoms with Gasteiger partial charge in [0.25, 0.3) is 5.91 Å². The van der Waals surface area contributed by atoms with Gasteiger partial charge in [-0.25, -0.2) is 0 Å². The summed E-state index contributed by atoms with van der Waals surface area (Å²) < 4.78 is 5.61. The van der Waals surface area contributed by atoms with Crippen molar-refractivity contribution in [1.29, 1.82) is 0 Å². The zero-order valence-corrected chi connectivity index (χ0v) is 12.1. The van der Waals surface area contributed by atoms with Gasteiger partial charge in [-0.05, 0) is 49.8 Å². The first-order valence-corrected chi connectivity index (χ1v) is 7.19. The van der Waals surface area contributed by atoms with Crippen LogP contribution in [0, 0.1) is 19.8 Å². The number of benzene rings is 1. The molecule has 1 saturated heterocycles. The fraction of sp³-hybridized carbons (Fsp3) is 0.562. The first-order valence-electron chi connectivity index (χ1n) is 7.19. The Labute approximate surface area is 119 Å². The third-order valence-electron chi connectivity index (χ3n) is 4.53. The third kappa shape index (κ3) is 2.40. The van der Waals surface area contributed by atoms with Crippen LogP contribution in [0.1, 0.15) is 24.0 Å². The van der Waals surface area contributed by atoms with Gasteiger partial charge in [-0.1, -0.05) is 12.1 Å². The Morgan fingerprint density at radius 2 is 2.10 bits per heavy atom. The number of hydrogen-bond donors (Lipinski definition) is 1. The molecular formula is C16H21NO3. The normalized spacial score (nSPS) is 20.4. The number of ether oxygens (including phenoxy) is 1. The quantitative estimate of drug-likeness (QED) is 0.909. The van der Waals surface area contributed by atoms with Crippen LogP contribution in [0.5, 0.6) is 5.75 Å². The molecule has 0 radical (unpaired) electrons. The summed E-state index contributed by atoms with van der Waals surface area (Å²) in [5.41, 5.74) is 1.61. The lowest BCUT2D eigenvalue weighted by Gasteiger charge is -2.46. The second kappa shape index (κ2) is 4.77. The molecule has 1 N–H and O–H groups in total. The molecule has 0 atom stereocenters. The van der Waals surface area contributed by atoms with Crippen molar-refractivity contribution in [3.63, 3.8) is 0 Å². The molecule has 1 saturated carbocycles. The highest BCUT2D eigenvalue weighted by atomic mass is 16.5. The maximum atomic E-state index is 12.0. The molecule has 2 fully saturated rings. The van der Waals surface area contributed by atoms with Crippen molar-refractivity contribution < 1.29 is 14.6 Å². The molecular weight excluding hydrogens is 254 g/mol. The summed E-state index contributed by atoms with van der Waals surface area (Å²) in [7, 11) is 0. The van der Waals surface area contributed by atoms with E-state index in [2.05, 4.69) is 0 Å². The fourth-order valence-electron chi connectivity index (χ4n) is 2.78. The van der Waals surface area contributed by atoms with Crippen molar-refractivity contribution in [2.24, 2.45) is 5.92 Å². The fourth-order valence-corrected chi connectivity index (χ4v) is 2.78. The highest BCUT2D eigenvalue weighted by Gasteiger charge is 2.53. The number of β-amino-alcohol motifs (C(OH)–C–C–N with tert-alkyl or cyclic N) is 1. The Morgan fingerprint density at radius 3 is 2.75 bits per heavy atom. The molecule has 0 spiro atoms. The average Bonchev–Trinajstić information content (AvgIpc) is 3.21. The molecule has 4 heteroatoms. The minimum atomic E-state index is -0.616. The van der Waals surface area contributed by atoms with E-state index in [9.17, 15) is 9.90 Å². The molecule has 0 bridgehead atoms. The maximum absolute atomic E-state index is 12.0. The highest BCUT2D eigenvalue weighted by Crippen LogP contribution is 2.44. The van der Waals surface area contributed by atoms with E-state index in [0.717, 1.165) is 29.7 Å². The molecule has 108 valence electrons. The summed E-state index contributed by atoms with van der Waals surface area (Å²) >= 11 is 0. The summed E-state index contributed by atoms with van der Waals surface area (Å²) in [5, 5.41) is 10.2. The Balaban J connectivity index is 1.52. The Hall–Kier alpha value is -1.55. The lowest BCUT2D eigenvalue weighted by atomic mass is 9.89. The lowest BCUT2D eigenvalue weighted by Crippen LogP contribution is -2.65. The zero-order valence-electron chi connectivity index (χ0n) is 12.1. The van der Waals surface area contributed by atoms with Gasteiger partial charge in [-0.15, -0.1) is 0 Å². The number of hydrogen-bond acceptors (Lipinski definition) is 3. The topological polar surface area (TPSA) is 49.8 Å². The Bertz CT molecular complexity index is 531. The van der Waals surface area contributed by atoms with Crippen LogP contribution in [0.3, 0.4) is 0 Å². The maximum Gasteiger partial charge on any atom is 0.260 e. The van der Waals surface area contributed by atoms with Crippen LogP contribution in [0.25, 0.3) is 0 Å². The van der Waals surface area contributed by atoms with Crippen molar-refractivity contribution >= 4 is 5.91 Å². The average molecular weight is 275 g/mol. The second-order valence-electron chi connectivity index (χ2n) is 6.11. The molecule has 20 heavy (non-hydrogen) atoms. The van der Waals surface area contributed by atoms with Gasteiger partial charge in [0, 0.05) is 0 Å². The van der Waals surface area contributed by atoms with E-state index >= 15 is 0 Å². The van der Waals surface area contributed by atoms with Crippen LogP contribution in [0.2, 0.25) is 0 Å². The van der Waals surface area contributed by atoms with Crippen molar-refractivity contribution in [1.82, 2.24) is 4.90 Å². The van der Waals surface area contributed by atoms with Gasteiger partial charge in [0.2, 0.25) is 0 Å². The smallest absolute Gasteiger partial charge is 0.260 e. The molecule has 1 heterocycles. The van der Waals surface area contributed by atoms with Gasteiger partial charge in [-0.2, -0.15) is 0 Å². The number of aliphatic hydroxyl groups is 1. The zero-order chi connectivity index (χ0) is 14.3. The van der Waals surface area contributed by atoms with Crippen LogP contribution in [0.4, 0.5) is 0 Å². The first-order chi connectivity index (χ1) is 9.49. The van der Waals surface area contributed by atoms with Crippen molar-refractivity contribution in [3.8, 4) is 5.75 Å². The summed E-state index contributed by atoms with van der Waals surface area (Å²) in [6, 6.07) is 5.83. The third-order valence-corrected chi connectivity index (χ3v) is 4.53. The van der Waals surface area contributed by atoms with Gasteiger partial charge < -0.3 is 14.7 Å². The van der Waals surface area contributed by atoms with E-state index in [4.69, 9.17) is 4.74 Å². The van der Waals surface area contributed by atoms with Crippen LogP contribution in [0.15, 0.2) is 18.2 Å². The van der Waals surface area contributed by atoms with Crippen molar-refractivity contribution in [2.75, 3.05) is 19.7 Å². The largest absolute Gasteiger partial charge is 0.483 e. The second-order valence-corrected chi connectivity index (χ2v) is 6.11. The molecule has 3 rings (SSSR count). The summed E-state index contributed by atoms with van der Waals surface area (Å²) in [6.45, 7) is 4.99. The summed E-state index contributed by atoms with van der Waals surface area (Å²) in [5.74, 6) is 1.12. The lowest BCUT2D eigenvalue weighted by molar-refractivity contribution is -0.161. The van der Waals surface area contributed by atoms with E-state index in [0.29, 0.717) is 19.0 Å². The summed E-state index contributed by atoms with van der Waals surface area (Å²) in [4.78, 5) is 13.7. The van der Waals surface area contributed by atoms with E-state index in [1.165, 1.54) is 0 Å². The minimum absolute atomic E-state index is 0.0452. The number of carbonyl (C=O) groups is 1. The molecule has 4 nitrogen and oxygen atoms in total. The predicted molar refractivity (Wildman–Crippen MR) is 75.7 cm³/mol. The van der Waals surface area contributed by atoms with Crippen molar-refractivity contribution in [3.05, 3.63) is 29.3 Å². The minimum Gasteiger partial charge on any atom is -0.483 e. The molecule has 1 aliphatic heterocycles. The van der Waals surface area contributed by atoms with Crippen LogP contribution >= 0.6 is 0 Å². The molecule has 1 aliphatic carbocycles. The number of aryl methyl sites for hydroxylation is 1. The van der Waals surface area contributed by atoms with Gasteiger partial charge in [0.15, 0.2) is 6.61 Å². The van der Waals surface area contributed by atoms with E-state index in [1.807, 2.05) is 32.0 Å². The standard InChI is InChI=1S/C16H21NO3/c1-11-4-3-5-14(12(11)2)20-8-15(18)17-9-16(19,10-17)13-6-7-13/h3-5,13,19H,6-10H2,1-2H3. The van der Waals surface area contributed by atoms with Gasteiger partial charge >= 0.3 is 0 Å². The van der Waals surface area contributed by atoms with Crippen LogP contribution in [-0.2, 0) is 4.79 Å². The van der Waals surface area contributed by atoms with Gasteiger partial charge in [0.05, 0.1) is 13.1 Å². The summed E-state index contributed by atoms with van der Waals surface area (Å²) in [6.07, 6.45) is 2.19. The number of rotatable bonds is 4. The van der Waals surface area contributed by atoms with Gasteiger partial charge in [0.1, 0.15) is 11.4 Å². The predicted octanol–water partition coefficient (Wildman–Crippen LogP) is 1.67. The van der Waals surface area contributed by atoms with Crippen molar-refractivity contribution in [2.45, 2.75) is 32.3 Å². The molecule has 1 amide bonds. The number of nitrogens with zero attached hydrogens (tertiary/aromatic N) is 1. The van der Waals surface area contributed by atoms with Crippen LogP contribution in [-0.4, -0.2) is 41.2 Å². The SMILES string of the molecule is Cc1cccc(OCC(=O)N2CC(O)(C3CC3)C2)c1C. The van der Waals surface area contributed by atoms with E-state index < -0.39 is 5.60 Å². The number of amides is 1. The molecule has 0 aromatic heterocycles. The first kappa shape index (κ1) is 13.4. The monoisotopic (exact) mass is 275 g/mol. The van der Waals surface area contributed by atoms with E-state index in [1.54, 1.807) is 4.90 Å². The Kier molecular flexibility index (Phi) is 3.21. The molecule has 2 aliphatic rings. The van der Waals surface area contributed by atoms with Gasteiger partial charge in [-0.3, -0.25) is 4.79 Å². The molecule has 1 aromatic rings. The van der Waals surface area contributed by atoms with E-state index in [-0.39, 0.29) is 12.5 Å². The molecule has 1 aromatic carbocycles.